The number of carbonyl (C=O) groups is 2. The second-order valence-electron chi connectivity index (χ2n) is 5.75. The lowest BCUT2D eigenvalue weighted by atomic mass is 10.0. The summed E-state index contributed by atoms with van der Waals surface area (Å²) in [5, 5.41) is 11.6. The van der Waals surface area contributed by atoms with Gasteiger partial charge in [0.2, 0.25) is 0 Å². The van der Waals surface area contributed by atoms with Gasteiger partial charge in [-0.1, -0.05) is 19.9 Å². The number of nitrogens with one attached hydrogen (secondary N) is 1. The van der Waals surface area contributed by atoms with E-state index in [-0.39, 0.29) is 11.9 Å². The monoisotopic (exact) mass is 289 g/mol. The van der Waals surface area contributed by atoms with Gasteiger partial charge in [0.15, 0.2) is 0 Å². The van der Waals surface area contributed by atoms with Crippen molar-refractivity contribution >= 4 is 18.0 Å². The standard InChI is InChI=1S/C17H23NO3/c1-11(2)9-13(4)18-17(21)15-6-5-14(12(3)10-15)7-8-16(19)20/h5-8,10-11,13H,9H2,1-4H3,(H,18,21)(H,19,20)/b8-7+. The maximum atomic E-state index is 12.1. The third-order valence-corrected chi connectivity index (χ3v) is 3.14. The molecule has 4 nitrogen and oxygen atoms in total. The largest absolute Gasteiger partial charge is 0.478 e. The predicted molar refractivity (Wildman–Crippen MR) is 84.2 cm³/mol. The summed E-state index contributed by atoms with van der Waals surface area (Å²) in [4.78, 5) is 22.7. The maximum absolute atomic E-state index is 12.1. The smallest absolute Gasteiger partial charge is 0.328 e. The van der Waals surface area contributed by atoms with Gasteiger partial charge < -0.3 is 10.4 Å². The number of aryl methyl sites for hydroxylation is 1. The molecule has 2 N–H and O–H groups in total. The highest BCUT2D eigenvalue weighted by Crippen LogP contribution is 2.13. The van der Waals surface area contributed by atoms with Crippen molar-refractivity contribution in [3.63, 3.8) is 0 Å². The third kappa shape index (κ3) is 5.81. The molecule has 21 heavy (non-hydrogen) atoms. The van der Waals surface area contributed by atoms with Gasteiger partial charge in [-0.2, -0.15) is 0 Å². The molecular formula is C17H23NO3. The lowest BCUT2D eigenvalue weighted by molar-refractivity contribution is -0.131. The van der Waals surface area contributed by atoms with Crippen molar-refractivity contribution in [3.05, 3.63) is 41.0 Å². The summed E-state index contributed by atoms with van der Waals surface area (Å²) in [7, 11) is 0. The van der Waals surface area contributed by atoms with Gasteiger partial charge in [0.05, 0.1) is 0 Å². The van der Waals surface area contributed by atoms with E-state index in [1.165, 1.54) is 6.08 Å². The molecule has 4 heteroatoms. The lowest BCUT2D eigenvalue weighted by Crippen LogP contribution is -2.33. The fourth-order valence-electron chi connectivity index (χ4n) is 2.24. The third-order valence-electron chi connectivity index (χ3n) is 3.14. The van der Waals surface area contributed by atoms with E-state index in [9.17, 15) is 9.59 Å². The number of carbonyl (C=O) groups excluding carboxylic acids is 1. The zero-order valence-electron chi connectivity index (χ0n) is 13.0. The molecule has 0 aromatic heterocycles. The average molecular weight is 289 g/mol. The summed E-state index contributed by atoms with van der Waals surface area (Å²) in [6.07, 6.45) is 3.55. The highest BCUT2D eigenvalue weighted by molar-refractivity contribution is 5.95. The van der Waals surface area contributed by atoms with Gasteiger partial charge in [-0.15, -0.1) is 0 Å². The first-order chi connectivity index (χ1) is 9.79. The lowest BCUT2D eigenvalue weighted by Gasteiger charge is -2.16. The number of amides is 1. The van der Waals surface area contributed by atoms with Crippen LogP contribution in [0.3, 0.4) is 0 Å². The maximum Gasteiger partial charge on any atom is 0.328 e. The first-order valence-electron chi connectivity index (χ1n) is 7.12. The van der Waals surface area contributed by atoms with Crippen molar-refractivity contribution < 1.29 is 14.7 Å². The Balaban J connectivity index is 2.79. The molecule has 0 spiro atoms. The Morgan fingerprint density at radius 3 is 2.48 bits per heavy atom. The summed E-state index contributed by atoms with van der Waals surface area (Å²) in [5.74, 6) is -0.552. The minimum absolute atomic E-state index is 0.0972. The zero-order valence-corrected chi connectivity index (χ0v) is 13.0. The Morgan fingerprint density at radius 2 is 1.95 bits per heavy atom. The molecule has 0 aliphatic heterocycles. The Hall–Kier alpha value is -2.10. The average Bonchev–Trinajstić information content (AvgIpc) is 2.35. The van der Waals surface area contributed by atoms with E-state index in [0.29, 0.717) is 11.5 Å². The predicted octanol–water partition coefficient (Wildman–Crippen LogP) is 3.26. The first kappa shape index (κ1) is 17.0. The van der Waals surface area contributed by atoms with Crippen LogP contribution in [0.2, 0.25) is 0 Å². The van der Waals surface area contributed by atoms with Gasteiger partial charge in [-0.25, -0.2) is 4.79 Å². The summed E-state index contributed by atoms with van der Waals surface area (Å²) >= 11 is 0. The number of benzene rings is 1. The molecule has 0 aliphatic carbocycles. The number of hydrogen-bond donors (Lipinski definition) is 2. The van der Waals surface area contributed by atoms with Crippen molar-refractivity contribution in [2.45, 2.75) is 40.2 Å². The van der Waals surface area contributed by atoms with Crippen molar-refractivity contribution in [2.75, 3.05) is 0 Å². The van der Waals surface area contributed by atoms with E-state index < -0.39 is 5.97 Å². The number of rotatable bonds is 6. The van der Waals surface area contributed by atoms with Crippen LogP contribution in [0.4, 0.5) is 0 Å². The van der Waals surface area contributed by atoms with Gasteiger partial charge >= 0.3 is 5.97 Å². The second-order valence-corrected chi connectivity index (χ2v) is 5.75. The molecule has 1 atom stereocenters. The van der Waals surface area contributed by atoms with E-state index >= 15 is 0 Å². The van der Waals surface area contributed by atoms with Crippen LogP contribution in [0.25, 0.3) is 6.08 Å². The number of hydrogen-bond acceptors (Lipinski definition) is 2. The van der Waals surface area contributed by atoms with Gasteiger partial charge in [0.25, 0.3) is 5.91 Å². The molecule has 1 unspecified atom stereocenters. The summed E-state index contributed by atoms with van der Waals surface area (Å²) in [6.45, 7) is 8.09. The topological polar surface area (TPSA) is 66.4 Å². The van der Waals surface area contributed by atoms with E-state index in [4.69, 9.17) is 5.11 Å². The molecular weight excluding hydrogens is 266 g/mol. The molecule has 1 aromatic carbocycles. The Kier molecular flexibility index (Phi) is 6.15. The molecule has 0 bridgehead atoms. The number of carboxylic acid groups (broad SMARTS) is 1. The van der Waals surface area contributed by atoms with Gasteiger partial charge in [0, 0.05) is 17.7 Å². The van der Waals surface area contributed by atoms with Crippen LogP contribution in [0, 0.1) is 12.8 Å². The summed E-state index contributed by atoms with van der Waals surface area (Å²) in [5.41, 5.74) is 2.26. The van der Waals surface area contributed by atoms with E-state index in [0.717, 1.165) is 23.6 Å². The summed E-state index contributed by atoms with van der Waals surface area (Å²) < 4.78 is 0. The molecule has 0 radical (unpaired) electrons. The SMILES string of the molecule is Cc1cc(C(=O)NC(C)CC(C)C)ccc1/C=C/C(=O)O. The Bertz CT molecular complexity index is 547. The molecule has 114 valence electrons. The molecule has 0 saturated heterocycles. The second kappa shape index (κ2) is 7.62. The highest BCUT2D eigenvalue weighted by Gasteiger charge is 2.11. The summed E-state index contributed by atoms with van der Waals surface area (Å²) in [6, 6.07) is 5.38. The Morgan fingerprint density at radius 1 is 1.29 bits per heavy atom. The van der Waals surface area contributed by atoms with Crippen molar-refractivity contribution in [2.24, 2.45) is 5.92 Å². The van der Waals surface area contributed by atoms with Crippen LogP contribution >= 0.6 is 0 Å². The van der Waals surface area contributed by atoms with Crippen LogP contribution in [0.15, 0.2) is 24.3 Å². The van der Waals surface area contributed by atoms with E-state index in [1.54, 1.807) is 18.2 Å². The normalized spacial score (nSPS) is 12.6. The molecule has 0 heterocycles. The van der Waals surface area contributed by atoms with Gasteiger partial charge in [-0.05, 0) is 55.5 Å². The fourth-order valence-corrected chi connectivity index (χ4v) is 2.24. The van der Waals surface area contributed by atoms with Crippen molar-refractivity contribution in [3.8, 4) is 0 Å². The zero-order chi connectivity index (χ0) is 16.0. The molecule has 1 amide bonds. The fraction of sp³-hybridized carbons (Fsp3) is 0.412. The van der Waals surface area contributed by atoms with Crippen LogP contribution < -0.4 is 5.32 Å². The van der Waals surface area contributed by atoms with Crippen LogP contribution in [0.5, 0.6) is 0 Å². The molecule has 1 rings (SSSR count). The van der Waals surface area contributed by atoms with Gasteiger partial charge in [0.1, 0.15) is 0 Å². The number of aliphatic carboxylic acids is 1. The number of carboxylic acids is 1. The van der Waals surface area contributed by atoms with Crippen LogP contribution in [-0.2, 0) is 4.79 Å². The van der Waals surface area contributed by atoms with Crippen molar-refractivity contribution in [1.29, 1.82) is 0 Å². The minimum Gasteiger partial charge on any atom is -0.478 e. The van der Waals surface area contributed by atoms with E-state index in [2.05, 4.69) is 19.2 Å². The Labute approximate surface area is 125 Å². The molecule has 0 saturated carbocycles. The molecule has 0 fully saturated rings. The van der Waals surface area contributed by atoms with Crippen molar-refractivity contribution in [1.82, 2.24) is 5.32 Å². The first-order valence-corrected chi connectivity index (χ1v) is 7.12. The van der Waals surface area contributed by atoms with Crippen LogP contribution in [0.1, 0.15) is 48.7 Å². The van der Waals surface area contributed by atoms with Gasteiger partial charge in [-0.3, -0.25) is 4.79 Å². The highest BCUT2D eigenvalue weighted by atomic mass is 16.4. The molecule has 1 aromatic rings. The van der Waals surface area contributed by atoms with E-state index in [1.807, 2.05) is 13.8 Å². The van der Waals surface area contributed by atoms with Crippen LogP contribution in [-0.4, -0.2) is 23.0 Å². The quantitative estimate of drug-likeness (QED) is 0.790. The minimum atomic E-state index is -0.987. The molecule has 0 aliphatic rings.